The van der Waals surface area contributed by atoms with Crippen LogP contribution in [0.25, 0.3) is 6.08 Å². The van der Waals surface area contributed by atoms with Crippen molar-refractivity contribution in [1.82, 2.24) is 14.4 Å². The number of aromatic nitrogens is 1. The van der Waals surface area contributed by atoms with Crippen LogP contribution in [0.4, 0.5) is 0 Å². The van der Waals surface area contributed by atoms with E-state index in [1.165, 1.54) is 54.5 Å². The Kier molecular flexibility index (Phi) is 7.66. The number of amides is 1. The Morgan fingerprint density at radius 2 is 1.85 bits per heavy atom. The molecule has 0 spiro atoms. The van der Waals surface area contributed by atoms with E-state index in [0.717, 1.165) is 5.56 Å². The van der Waals surface area contributed by atoms with E-state index in [2.05, 4.69) is 24.5 Å². The summed E-state index contributed by atoms with van der Waals surface area (Å²) in [4.78, 5) is 26.9. The number of carbonyl (C=O) groups is 2. The zero-order valence-electron chi connectivity index (χ0n) is 17.1. The average Bonchev–Trinajstić information content (AvgIpc) is 2.90. The van der Waals surface area contributed by atoms with Gasteiger partial charge in [0.2, 0.25) is 5.91 Å². The zero-order chi connectivity index (χ0) is 20.0. The van der Waals surface area contributed by atoms with E-state index in [1.54, 1.807) is 0 Å². The molecule has 1 aromatic heterocycles. The lowest BCUT2D eigenvalue weighted by Crippen LogP contribution is -2.39. The van der Waals surface area contributed by atoms with Gasteiger partial charge in [0.15, 0.2) is 0 Å². The second kappa shape index (κ2) is 9.74. The topological polar surface area (TPSA) is 65.8 Å². The first kappa shape index (κ1) is 21.2. The number of likely N-dealkylation sites (N-methyl/N-ethyl adjacent to an activating group) is 1. The van der Waals surface area contributed by atoms with Crippen molar-refractivity contribution in [2.75, 3.05) is 33.7 Å². The van der Waals surface area contributed by atoms with Gasteiger partial charge in [0.1, 0.15) is 6.54 Å². The standard InChI is InChI=1S/C21H33N3O3/c1-16-14-18(17(2)24(16)19-8-6-5-7-9-19)10-11-20(25)23(15-21(26)27)13-12-22(3)4/h10-11,14,19H,5-9,12-13,15H2,1-4H3,(H,26,27). The Morgan fingerprint density at radius 3 is 2.44 bits per heavy atom. The van der Waals surface area contributed by atoms with Gasteiger partial charge in [0.25, 0.3) is 0 Å². The molecular formula is C21H33N3O3. The van der Waals surface area contributed by atoms with Crippen LogP contribution in [0, 0.1) is 13.8 Å². The minimum atomic E-state index is -0.994. The highest BCUT2D eigenvalue weighted by Gasteiger charge is 2.20. The van der Waals surface area contributed by atoms with Gasteiger partial charge in [-0.1, -0.05) is 19.3 Å². The highest BCUT2D eigenvalue weighted by molar-refractivity contribution is 5.93. The Morgan fingerprint density at radius 1 is 1.19 bits per heavy atom. The summed E-state index contributed by atoms with van der Waals surface area (Å²) in [5, 5.41) is 9.08. The van der Waals surface area contributed by atoms with Crippen LogP contribution in [0.3, 0.4) is 0 Å². The molecule has 0 aromatic carbocycles. The lowest BCUT2D eigenvalue weighted by atomic mass is 9.95. The van der Waals surface area contributed by atoms with Gasteiger partial charge in [0, 0.05) is 36.6 Å². The molecular weight excluding hydrogens is 342 g/mol. The predicted octanol–water partition coefficient (Wildman–Crippen LogP) is 3.10. The Labute approximate surface area is 162 Å². The van der Waals surface area contributed by atoms with Gasteiger partial charge < -0.3 is 19.5 Å². The van der Waals surface area contributed by atoms with Crippen LogP contribution in [0.2, 0.25) is 0 Å². The fourth-order valence-corrected chi connectivity index (χ4v) is 3.89. The normalized spacial score (nSPS) is 15.6. The van der Waals surface area contributed by atoms with Crippen LogP contribution in [0.5, 0.6) is 0 Å². The molecule has 6 heteroatoms. The minimum Gasteiger partial charge on any atom is -0.480 e. The fourth-order valence-electron chi connectivity index (χ4n) is 3.89. The molecule has 1 N–H and O–H groups in total. The van der Waals surface area contributed by atoms with Crippen LogP contribution >= 0.6 is 0 Å². The number of carbonyl (C=O) groups excluding carboxylic acids is 1. The summed E-state index contributed by atoms with van der Waals surface area (Å²) in [6.45, 7) is 4.96. The highest BCUT2D eigenvalue weighted by Crippen LogP contribution is 2.32. The van der Waals surface area contributed by atoms with Crippen LogP contribution < -0.4 is 0 Å². The molecule has 1 heterocycles. The molecule has 1 amide bonds. The van der Waals surface area contributed by atoms with Crippen LogP contribution in [-0.2, 0) is 9.59 Å². The molecule has 1 aromatic rings. The molecule has 27 heavy (non-hydrogen) atoms. The summed E-state index contributed by atoms with van der Waals surface area (Å²) in [7, 11) is 3.80. The molecule has 0 atom stereocenters. The first-order valence-corrected chi connectivity index (χ1v) is 9.81. The van der Waals surface area contributed by atoms with Crippen molar-refractivity contribution in [1.29, 1.82) is 0 Å². The van der Waals surface area contributed by atoms with E-state index in [9.17, 15) is 9.59 Å². The van der Waals surface area contributed by atoms with Crippen molar-refractivity contribution in [3.05, 3.63) is 29.1 Å². The lowest BCUT2D eigenvalue weighted by Gasteiger charge is -2.26. The van der Waals surface area contributed by atoms with E-state index in [4.69, 9.17) is 5.11 Å². The number of carboxylic acid groups (broad SMARTS) is 1. The molecule has 0 radical (unpaired) electrons. The van der Waals surface area contributed by atoms with Gasteiger partial charge in [-0.2, -0.15) is 0 Å². The molecule has 0 saturated heterocycles. The quantitative estimate of drug-likeness (QED) is 0.709. The van der Waals surface area contributed by atoms with Crippen molar-refractivity contribution in [3.63, 3.8) is 0 Å². The summed E-state index contributed by atoms with van der Waals surface area (Å²) in [6, 6.07) is 2.68. The van der Waals surface area contributed by atoms with Crippen molar-refractivity contribution < 1.29 is 14.7 Å². The van der Waals surface area contributed by atoms with Gasteiger partial charge in [0.05, 0.1) is 0 Å². The van der Waals surface area contributed by atoms with Crippen molar-refractivity contribution in [3.8, 4) is 0 Å². The van der Waals surface area contributed by atoms with Gasteiger partial charge in [-0.3, -0.25) is 9.59 Å². The first-order valence-electron chi connectivity index (χ1n) is 9.81. The van der Waals surface area contributed by atoms with Crippen molar-refractivity contribution >= 4 is 18.0 Å². The van der Waals surface area contributed by atoms with E-state index < -0.39 is 5.97 Å². The number of hydrogen-bond acceptors (Lipinski definition) is 3. The van der Waals surface area contributed by atoms with Gasteiger partial charge in [-0.15, -0.1) is 0 Å². The number of aliphatic carboxylic acids is 1. The lowest BCUT2D eigenvalue weighted by molar-refractivity contribution is -0.142. The number of carboxylic acids is 1. The molecule has 0 unspecified atom stereocenters. The molecule has 1 saturated carbocycles. The van der Waals surface area contributed by atoms with Crippen LogP contribution in [0.1, 0.15) is 55.1 Å². The second-order valence-corrected chi connectivity index (χ2v) is 7.78. The highest BCUT2D eigenvalue weighted by atomic mass is 16.4. The second-order valence-electron chi connectivity index (χ2n) is 7.78. The maximum atomic E-state index is 12.5. The van der Waals surface area contributed by atoms with E-state index in [0.29, 0.717) is 19.1 Å². The number of hydrogen-bond donors (Lipinski definition) is 1. The molecule has 150 valence electrons. The minimum absolute atomic E-state index is 0.262. The van der Waals surface area contributed by atoms with Gasteiger partial charge in [-0.25, -0.2) is 0 Å². The number of rotatable bonds is 8. The molecule has 1 fully saturated rings. The molecule has 0 bridgehead atoms. The fraction of sp³-hybridized carbons (Fsp3) is 0.619. The summed E-state index contributed by atoms with van der Waals surface area (Å²) in [6.07, 6.45) is 9.65. The number of aryl methyl sites for hydroxylation is 1. The molecule has 2 rings (SSSR count). The monoisotopic (exact) mass is 375 g/mol. The average molecular weight is 376 g/mol. The van der Waals surface area contributed by atoms with E-state index in [1.807, 2.05) is 25.1 Å². The molecule has 0 aliphatic heterocycles. The third-order valence-electron chi connectivity index (χ3n) is 5.32. The summed E-state index contributed by atoms with van der Waals surface area (Å²) in [5.74, 6) is -1.26. The SMILES string of the molecule is Cc1cc(C=CC(=O)N(CCN(C)C)CC(=O)O)c(C)n1C1CCCCC1. The van der Waals surface area contributed by atoms with Crippen LogP contribution in [-0.4, -0.2) is 65.1 Å². The largest absolute Gasteiger partial charge is 0.480 e. The molecule has 1 aliphatic rings. The summed E-state index contributed by atoms with van der Waals surface area (Å²) >= 11 is 0. The molecule has 1 aliphatic carbocycles. The summed E-state index contributed by atoms with van der Waals surface area (Å²) in [5.41, 5.74) is 3.44. The zero-order valence-corrected chi connectivity index (χ0v) is 17.1. The maximum absolute atomic E-state index is 12.5. The Balaban J connectivity index is 2.12. The molecule has 6 nitrogen and oxygen atoms in total. The number of nitrogens with zero attached hydrogens (tertiary/aromatic N) is 3. The predicted molar refractivity (Wildman–Crippen MR) is 108 cm³/mol. The smallest absolute Gasteiger partial charge is 0.323 e. The first-order chi connectivity index (χ1) is 12.8. The van der Waals surface area contributed by atoms with Crippen molar-refractivity contribution in [2.45, 2.75) is 52.0 Å². The Hall–Kier alpha value is -2.08. The maximum Gasteiger partial charge on any atom is 0.323 e. The van der Waals surface area contributed by atoms with Crippen LogP contribution in [0.15, 0.2) is 12.1 Å². The summed E-state index contributed by atoms with van der Waals surface area (Å²) < 4.78 is 2.41. The van der Waals surface area contributed by atoms with Gasteiger partial charge >= 0.3 is 5.97 Å². The Bertz CT molecular complexity index is 685. The van der Waals surface area contributed by atoms with E-state index >= 15 is 0 Å². The third kappa shape index (κ3) is 5.96. The third-order valence-corrected chi connectivity index (χ3v) is 5.32. The van der Waals surface area contributed by atoms with Crippen molar-refractivity contribution in [2.24, 2.45) is 0 Å². The van der Waals surface area contributed by atoms with E-state index in [-0.39, 0.29) is 12.5 Å². The van der Waals surface area contributed by atoms with Gasteiger partial charge in [-0.05, 0) is 58.5 Å².